The third-order valence-electron chi connectivity index (χ3n) is 3.09. The molecular weight excluding hydrogens is 248 g/mol. The van der Waals surface area contributed by atoms with Crippen LogP contribution in [0.15, 0.2) is 30.3 Å². The summed E-state index contributed by atoms with van der Waals surface area (Å²) in [5, 5.41) is 6.45. The average molecular weight is 270 g/mol. The van der Waals surface area contributed by atoms with Crippen LogP contribution in [0.3, 0.4) is 0 Å². The van der Waals surface area contributed by atoms with Gasteiger partial charge in [-0.15, -0.1) is 0 Å². The van der Waals surface area contributed by atoms with Crippen molar-refractivity contribution in [3.05, 3.63) is 41.7 Å². The Labute approximate surface area is 120 Å². The molecule has 0 spiro atoms. The number of benzene rings is 1. The van der Waals surface area contributed by atoms with E-state index in [1.54, 1.807) is 0 Å². The van der Waals surface area contributed by atoms with Crippen molar-refractivity contribution >= 4 is 17.3 Å². The molecule has 0 aliphatic heterocycles. The fraction of sp³-hybridized carbons (Fsp3) is 0.375. The molecule has 1 heterocycles. The highest BCUT2D eigenvalue weighted by Gasteiger charge is 2.17. The second-order valence-electron chi connectivity index (χ2n) is 5.86. The van der Waals surface area contributed by atoms with Gasteiger partial charge >= 0.3 is 0 Å². The van der Waals surface area contributed by atoms with Crippen molar-refractivity contribution in [2.24, 2.45) is 0 Å². The standard InChI is InChI=1S/C16H22N4/c1-11-18-14(17-5)10-15(19-11)20-13-9-7-6-8-12(13)16(2,3)4/h6-10H,1-5H3,(H2,17,18,19,20). The molecule has 0 fully saturated rings. The van der Waals surface area contributed by atoms with Crippen molar-refractivity contribution in [1.82, 2.24) is 9.97 Å². The van der Waals surface area contributed by atoms with Crippen LogP contribution >= 0.6 is 0 Å². The molecule has 1 aromatic carbocycles. The Morgan fingerprint density at radius 1 is 1.00 bits per heavy atom. The van der Waals surface area contributed by atoms with Gasteiger partial charge in [-0.3, -0.25) is 0 Å². The maximum Gasteiger partial charge on any atom is 0.136 e. The molecule has 0 atom stereocenters. The molecule has 0 saturated carbocycles. The lowest BCUT2D eigenvalue weighted by Crippen LogP contribution is -2.14. The van der Waals surface area contributed by atoms with E-state index in [1.165, 1.54) is 5.56 Å². The molecule has 0 amide bonds. The second-order valence-corrected chi connectivity index (χ2v) is 5.86. The summed E-state index contributed by atoms with van der Waals surface area (Å²) < 4.78 is 0. The maximum absolute atomic E-state index is 4.44. The number of hydrogen-bond acceptors (Lipinski definition) is 4. The summed E-state index contributed by atoms with van der Waals surface area (Å²) in [5.74, 6) is 2.36. The van der Waals surface area contributed by atoms with Crippen LogP contribution in [0.4, 0.5) is 17.3 Å². The molecule has 2 aromatic rings. The summed E-state index contributed by atoms with van der Waals surface area (Å²) in [6, 6.07) is 10.2. The van der Waals surface area contributed by atoms with Crippen molar-refractivity contribution in [3.63, 3.8) is 0 Å². The fourth-order valence-electron chi connectivity index (χ4n) is 2.14. The molecule has 1 aromatic heterocycles. The van der Waals surface area contributed by atoms with Gasteiger partial charge in [0.1, 0.15) is 17.5 Å². The molecule has 4 nitrogen and oxygen atoms in total. The predicted molar refractivity (Wildman–Crippen MR) is 84.7 cm³/mol. The van der Waals surface area contributed by atoms with Crippen molar-refractivity contribution in [2.45, 2.75) is 33.1 Å². The Morgan fingerprint density at radius 2 is 1.65 bits per heavy atom. The molecule has 0 bridgehead atoms. The predicted octanol–water partition coefficient (Wildman–Crippen LogP) is 3.87. The van der Waals surface area contributed by atoms with Crippen molar-refractivity contribution in [3.8, 4) is 0 Å². The Kier molecular flexibility index (Phi) is 3.93. The lowest BCUT2D eigenvalue weighted by molar-refractivity contribution is 0.592. The van der Waals surface area contributed by atoms with Gasteiger partial charge in [-0.25, -0.2) is 9.97 Å². The zero-order valence-electron chi connectivity index (χ0n) is 12.8. The zero-order chi connectivity index (χ0) is 14.8. The third-order valence-corrected chi connectivity index (χ3v) is 3.09. The van der Waals surface area contributed by atoms with Crippen LogP contribution in [-0.2, 0) is 5.41 Å². The molecule has 4 heteroatoms. The topological polar surface area (TPSA) is 49.8 Å². The number of nitrogens with one attached hydrogen (secondary N) is 2. The Morgan fingerprint density at radius 3 is 2.30 bits per heavy atom. The summed E-state index contributed by atoms with van der Waals surface area (Å²) in [5.41, 5.74) is 2.43. The van der Waals surface area contributed by atoms with Gasteiger partial charge in [0.2, 0.25) is 0 Å². The van der Waals surface area contributed by atoms with Crippen LogP contribution < -0.4 is 10.6 Å². The van der Waals surface area contributed by atoms with E-state index in [2.05, 4.69) is 59.6 Å². The molecule has 0 saturated heterocycles. The number of para-hydroxylation sites is 1. The summed E-state index contributed by atoms with van der Waals surface area (Å²) in [6.45, 7) is 8.51. The fourth-order valence-corrected chi connectivity index (χ4v) is 2.14. The van der Waals surface area contributed by atoms with E-state index in [9.17, 15) is 0 Å². The van der Waals surface area contributed by atoms with Crippen molar-refractivity contribution in [1.29, 1.82) is 0 Å². The van der Waals surface area contributed by atoms with Crippen LogP contribution in [0.1, 0.15) is 32.2 Å². The number of anilines is 3. The Hall–Kier alpha value is -2.10. The molecule has 0 aliphatic carbocycles. The van der Waals surface area contributed by atoms with Crippen molar-refractivity contribution < 1.29 is 0 Å². The van der Waals surface area contributed by atoms with E-state index in [0.29, 0.717) is 0 Å². The van der Waals surface area contributed by atoms with Gasteiger partial charge in [0.15, 0.2) is 0 Å². The van der Waals surface area contributed by atoms with Crippen LogP contribution in [0.5, 0.6) is 0 Å². The number of nitrogens with zero attached hydrogens (tertiary/aromatic N) is 2. The van der Waals surface area contributed by atoms with E-state index in [1.807, 2.05) is 26.1 Å². The SMILES string of the molecule is CNc1cc(Nc2ccccc2C(C)(C)C)nc(C)n1. The van der Waals surface area contributed by atoms with Crippen LogP contribution in [0.25, 0.3) is 0 Å². The Bertz CT molecular complexity index is 600. The van der Waals surface area contributed by atoms with Crippen LogP contribution in [-0.4, -0.2) is 17.0 Å². The van der Waals surface area contributed by atoms with Crippen LogP contribution in [0.2, 0.25) is 0 Å². The molecule has 20 heavy (non-hydrogen) atoms. The number of hydrogen-bond donors (Lipinski definition) is 2. The first-order valence-corrected chi connectivity index (χ1v) is 6.80. The first kappa shape index (κ1) is 14.3. The monoisotopic (exact) mass is 270 g/mol. The molecular formula is C16H22N4. The first-order chi connectivity index (χ1) is 9.40. The minimum atomic E-state index is 0.0809. The van der Waals surface area contributed by atoms with E-state index in [-0.39, 0.29) is 5.41 Å². The van der Waals surface area contributed by atoms with E-state index in [0.717, 1.165) is 23.1 Å². The highest BCUT2D eigenvalue weighted by atomic mass is 15.1. The van der Waals surface area contributed by atoms with Gasteiger partial charge < -0.3 is 10.6 Å². The first-order valence-electron chi connectivity index (χ1n) is 6.80. The van der Waals surface area contributed by atoms with Gasteiger partial charge in [-0.1, -0.05) is 39.0 Å². The lowest BCUT2D eigenvalue weighted by Gasteiger charge is -2.23. The number of aryl methyl sites for hydroxylation is 1. The largest absolute Gasteiger partial charge is 0.373 e. The number of rotatable bonds is 3. The quantitative estimate of drug-likeness (QED) is 0.889. The van der Waals surface area contributed by atoms with Gasteiger partial charge in [-0.05, 0) is 24.0 Å². The molecule has 0 aliphatic rings. The van der Waals surface area contributed by atoms with E-state index in [4.69, 9.17) is 0 Å². The highest BCUT2D eigenvalue weighted by Crippen LogP contribution is 2.31. The van der Waals surface area contributed by atoms with Crippen molar-refractivity contribution in [2.75, 3.05) is 17.7 Å². The summed E-state index contributed by atoms with van der Waals surface area (Å²) >= 11 is 0. The maximum atomic E-state index is 4.44. The minimum Gasteiger partial charge on any atom is -0.373 e. The smallest absolute Gasteiger partial charge is 0.136 e. The molecule has 2 N–H and O–H groups in total. The normalized spacial score (nSPS) is 11.2. The van der Waals surface area contributed by atoms with E-state index >= 15 is 0 Å². The molecule has 0 unspecified atom stereocenters. The summed E-state index contributed by atoms with van der Waals surface area (Å²) in [6.07, 6.45) is 0. The highest BCUT2D eigenvalue weighted by molar-refractivity contribution is 5.64. The molecule has 0 radical (unpaired) electrons. The third kappa shape index (κ3) is 3.26. The summed E-state index contributed by atoms with van der Waals surface area (Å²) in [4.78, 5) is 8.74. The van der Waals surface area contributed by atoms with E-state index < -0.39 is 0 Å². The summed E-state index contributed by atoms with van der Waals surface area (Å²) in [7, 11) is 1.86. The van der Waals surface area contributed by atoms with Gasteiger partial charge in [0, 0.05) is 18.8 Å². The Balaban J connectivity index is 2.38. The average Bonchev–Trinajstić information content (AvgIpc) is 2.37. The number of aromatic nitrogens is 2. The van der Waals surface area contributed by atoms with Gasteiger partial charge in [0.05, 0.1) is 0 Å². The second kappa shape index (κ2) is 5.49. The molecule has 106 valence electrons. The lowest BCUT2D eigenvalue weighted by atomic mass is 9.86. The van der Waals surface area contributed by atoms with Crippen LogP contribution in [0, 0.1) is 6.92 Å². The van der Waals surface area contributed by atoms with Gasteiger partial charge in [-0.2, -0.15) is 0 Å². The zero-order valence-corrected chi connectivity index (χ0v) is 12.8. The van der Waals surface area contributed by atoms with Gasteiger partial charge in [0.25, 0.3) is 0 Å². The molecule has 2 rings (SSSR count). The minimum absolute atomic E-state index is 0.0809.